The molecule has 0 aliphatic carbocycles. The Labute approximate surface area is 337 Å². The number of rotatable bonds is 7. The number of anilines is 3. The van der Waals surface area contributed by atoms with Crippen molar-refractivity contribution in [2.75, 3.05) is 4.90 Å². The van der Waals surface area contributed by atoms with Gasteiger partial charge in [0.1, 0.15) is 11.3 Å². The van der Waals surface area contributed by atoms with E-state index in [1.165, 1.54) is 60.1 Å². The molecule has 1 heterocycles. The van der Waals surface area contributed by atoms with Crippen LogP contribution >= 0.6 is 0 Å². The van der Waals surface area contributed by atoms with E-state index in [1.54, 1.807) is 0 Å². The second kappa shape index (κ2) is 14.1. The average Bonchev–Trinajstić information content (AvgIpc) is 3.74. The van der Waals surface area contributed by atoms with Gasteiger partial charge in [0.25, 0.3) is 0 Å². The van der Waals surface area contributed by atoms with Gasteiger partial charge in [-0.1, -0.05) is 164 Å². The van der Waals surface area contributed by atoms with Gasteiger partial charge in [-0.15, -0.1) is 0 Å². The largest absolute Gasteiger partial charge is 0.456 e. The smallest absolute Gasteiger partial charge is 0.135 e. The molecule has 10 aromatic carbocycles. The van der Waals surface area contributed by atoms with Gasteiger partial charge in [0.15, 0.2) is 0 Å². The first kappa shape index (κ1) is 33.6. The zero-order chi connectivity index (χ0) is 38.4. The summed E-state index contributed by atoms with van der Waals surface area (Å²) in [6, 6.07) is 80.8. The monoisotopic (exact) mass is 739 g/mol. The molecule has 11 rings (SSSR count). The highest BCUT2D eigenvalue weighted by atomic mass is 16.3. The lowest BCUT2D eigenvalue weighted by Gasteiger charge is -2.28. The Kier molecular flexibility index (Phi) is 8.19. The molecule has 0 saturated carbocycles. The number of nitrogens with zero attached hydrogens (tertiary/aromatic N) is 1. The van der Waals surface area contributed by atoms with Crippen molar-refractivity contribution < 1.29 is 4.42 Å². The van der Waals surface area contributed by atoms with Crippen LogP contribution in [0.1, 0.15) is 0 Å². The van der Waals surface area contributed by atoms with Gasteiger partial charge < -0.3 is 9.32 Å². The Morgan fingerprint density at radius 1 is 0.293 bits per heavy atom. The van der Waals surface area contributed by atoms with Crippen LogP contribution in [0.25, 0.3) is 88.0 Å². The minimum atomic E-state index is 0.878. The summed E-state index contributed by atoms with van der Waals surface area (Å²) in [6.07, 6.45) is 0. The lowest BCUT2D eigenvalue weighted by molar-refractivity contribution is 0.631. The second-order valence-electron chi connectivity index (χ2n) is 14.9. The van der Waals surface area contributed by atoms with E-state index in [1.807, 2.05) is 18.2 Å². The Bertz CT molecular complexity index is 3250. The van der Waals surface area contributed by atoms with Crippen LogP contribution in [0.4, 0.5) is 17.1 Å². The van der Waals surface area contributed by atoms with Crippen LogP contribution in [0.2, 0.25) is 0 Å². The third-order valence-electron chi connectivity index (χ3n) is 11.4. The molecule has 0 fully saturated rings. The van der Waals surface area contributed by atoms with Crippen molar-refractivity contribution in [3.05, 3.63) is 224 Å². The molecule has 0 bridgehead atoms. The standard InChI is InChI=1S/C56H37NO/c1-2-13-38(14-3-1)50-20-9-10-23-54(50)57(47-30-27-39(28-31-47)53-36-44-15-4-6-19-49(44)51-21-7-8-22-52(51)53)48-32-29-42-33-41(25-26-43(42)35-48)40-17-12-18-45(34-40)56-37-46-16-5-11-24-55(46)58-56/h1-37H. The predicted molar refractivity (Wildman–Crippen MR) is 245 cm³/mol. The van der Waals surface area contributed by atoms with Crippen molar-refractivity contribution in [3.8, 4) is 44.7 Å². The fraction of sp³-hybridized carbons (Fsp3) is 0. The third-order valence-corrected chi connectivity index (χ3v) is 11.4. The molecule has 0 N–H and O–H groups in total. The summed E-state index contributed by atoms with van der Waals surface area (Å²) in [5.74, 6) is 0.878. The van der Waals surface area contributed by atoms with E-state index in [0.29, 0.717) is 0 Å². The topological polar surface area (TPSA) is 16.4 Å². The number of para-hydroxylation sites is 2. The Morgan fingerprint density at radius 3 is 1.76 bits per heavy atom. The molecule has 0 saturated heterocycles. The molecule has 0 radical (unpaired) electrons. The first-order chi connectivity index (χ1) is 28.7. The predicted octanol–water partition coefficient (Wildman–Crippen LogP) is 16.0. The molecule has 0 atom stereocenters. The summed E-state index contributed by atoms with van der Waals surface area (Å²) >= 11 is 0. The van der Waals surface area contributed by atoms with Crippen LogP contribution in [0.15, 0.2) is 229 Å². The van der Waals surface area contributed by atoms with Crippen LogP contribution in [0.5, 0.6) is 0 Å². The van der Waals surface area contributed by atoms with Gasteiger partial charge in [0.05, 0.1) is 5.69 Å². The molecule has 1 aromatic heterocycles. The Hall–Kier alpha value is -7.68. The minimum Gasteiger partial charge on any atom is -0.456 e. The molecule has 0 aliphatic heterocycles. The first-order valence-electron chi connectivity index (χ1n) is 19.8. The Morgan fingerprint density at radius 2 is 0.897 bits per heavy atom. The number of benzene rings is 10. The maximum atomic E-state index is 6.22. The Balaban J connectivity index is 1.00. The van der Waals surface area contributed by atoms with Crippen LogP contribution in [0.3, 0.4) is 0 Å². The molecule has 2 heteroatoms. The molecule has 58 heavy (non-hydrogen) atoms. The summed E-state index contributed by atoms with van der Waals surface area (Å²) in [4.78, 5) is 2.40. The fourth-order valence-corrected chi connectivity index (χ4v) is 8.57. The van der Waals surface area contributed by atoms with Crippen LogP contribution in [-0.4, -0.2) is 0 Å². The van der Waals surface area contributed by atoms with E-state index in [9.17, 15) is 0 Å². The molecular weight excluding hydrogens is 703 g/mol. The molecule has 11 aromatic rings. The number of fused-ring (bicyclic) bond motifs is 5. The molecule has 0 unspecified atom stereocenters. The SMILES string of the molecule is c1ccc(-c2ccccc2N(c2ccc(-c3cc4ccccc4c4ccccc34)cc2)c2ccc3cc(-c4cccc(-c5cc6ccccc6o5)c4)ccc3c2)cc1. The second-order valence-corrected chi connectivity index (χ2v) is 14.9. The summed E-state index contributed by atoms with van der Waals surface area (Å²) < 4.78 is 6.22. The van der Waals surface area contributed by atoms with Crippen molar-refractivity contribution in [1.82, 2.24) is 0 Å². The van der Waals surface area contributed by atoms with Gasteiger partial charge in [0.2, 0.25) is 0 Å². The number of hydrogen-bond acceptors (Lipinski definition) is 2. The highest BCUT2D eigenvalue weighted by Gasteiger charge is 2.19. The van der Waals surface area contributed by atoms with Gasteiger partial charge in [-0.3, -0.25) is 0 Å². The van der Waals surface area contributed by atoms with Gasteiger partial charge in [0, 0.05) is 27.9 Å². The third kappa shape index (κ3) is 6.00. The van der Waals surface area contributed by atoms with E-state index in [-0.39, 0.29) is 0 Å². The molecule has 0 amide bonds. The van der Waals surface area contributed by atoms with Crippen molar-refractivity contribution >= 4 is 60.3 Å². The van der Waals surface area contributed by atoms with Gasteiger partial charge in [-0.25, -0.2) is 0 Å². The summed E-state index contributed by atoms with van der Waals surface area (Å²) in [6.45, 7) is 0. The molecule has 0 aliphatic rings. The average molecular weight is 740 g/mol. The minimum absolute atomic E-state index is 0.878. The van der Waals surface area contributed by atoms with Gasteiger partial charge in [-0.2, -0.15) is 0 Å². The van der Waals surface area contributed by atoms with E-state index in [4.69, 9.17) is 4.42 Å². The van der Waals surface area contributed by atoms with Gasteiger partial charge in [-0.05, 0) is 121 Å². The van der Waals surface area contributed by atoms with Crippen molar-refractivity contribution in [2.45, 2.75) is 0 Å². The maximum Gasteiger partial charge on any atom is 0.135 e. The number of furan rings is 1. The number of hydrogen-bond donors (Lipinski definition) is 0. The van der Waals surface area contributed by atoms with E-state index in [0.717, 1.165) is 44.9 Å². The molecule has 2 nitrogen and oxygen atoms in total. The van der Waals surface area contributed by atoms with E-state index < -0.39 is 0 Å². The van der Waals surface area contributed by atoms with Gasteiger partial charge >= 0.3 is 0 Å². The van der Waals surface area contributed by atoms with E-state index >= 15 is 0 Å². The summed E-state index contributed by atoms with van der Waals surface area (Å²) in [7, 11) is 0. The zero-order valence-electron chi connectivity index (χ0n) is 31.7. The molecular formula is C56H37NO. The molecule has 272 valence electrons. The first-order valence-corrected chi connectivity index (χ1v) is 19.8. The fourth-order valence-electron chi connectivity index (χ4n) is 8.57. The van der Waals surface area contributed by atoms with Crippen molar-refractivity contribution in [1.29, 1.82) is 0 Å². The normalized spacial score (nSPS) is 11.4. The quantitative estimate of drug-likeness (QED) is 0.151. The van der Waals surface area contributed by atoms with Crippen LogP contribution < -0.4 is 4.90 Å². The maximum absolute atomic E-state index is 6.22. The summed E-state index contributed by atoms with van der Waals surface area (Å²) in [5.41, 5.74) is 12.4. The lowest BCUT2D eigenvalue weighted by Crippen LogP contribution is -2.11. The highest BCUT2D eigenvalue weighted by Crippen LogP contribution is 2.43. The summed E-state index contributed by atoms with van der Waals surface area (Å²) in [5, 5.41) is 8.53. The van der Waals surface area contributed by atoms with Crippen molar-refractivity contribution in [3.63, 3.8) is 0 Å². The van der Waals surface area contributed by atoms with Crippen molar-refractivity contribution in [2.24, 2.45) is 0 Å². The van der Waals surface area contributed by atoms with E-state index in [2.05, 4.69) is 211 Å². The highest BCUT2D eigenvalue weighted by molar-refractivity contribution is 6.13. The zero-order valence-corrected chi connectivity index (χ0v) is 31.7. The van der Waals surface area contributed by atoms with Crippen LogP contribution in [-0.2, 0) is 0 Å². The lowest BCUT2D eigenvalue weighted by atomic mass is 9.93. The molecule has 0 spiro atoms. The van der Waals surface area contributed by atoms with Crippen LogP contribution in [0, 0.1) is 0 Å².